The molecule has 0 bridgehead atoms. The van der Waals surface area contributed by atoms with Crippen molar-refractivity contribution >= 4 is 21.6 Å². The second kappa shape index (κ2) is 5.40. The number of rotatable bonds is 2. The lowest BCUT2D eigenvalue weighted by Gasteiger charge is -2.33. The van der Waals surface area contributed by atoms with E-state index in [4.69, 9.17) is 0 Å². The molecule has 0 saturated carbocycles. The van der Waals surface area contributed by atoms with Crippen molar-refractivity contribution < 1.29 is 0 Å². The molecule has 0 aliphatic carbocycles. The van der Waals surface area contributed by atoms with Crippen LogP contribution >= 0.6 is 15.9 Å². The third-order valence-electron chi connectivity index (χ3n) is 3.12. The van der Waals surface area contributed by atoms with Crippen LogP contribution in [0.1, 0.15) is 26.8 Å². The van der Waals surface area contributed by atoms with Crippen molar-refractivity contribution in [3.63, 3.8) is 0 Å². The first-order valence-corrected chi connectivity index (χ1v) is 7.05. The van der Waals surface area contributed by atoms with Crippen molar-refractivity contribution in [2.75, 3.05) is 24.5 Å². The molecule has 0 spiro atoms. The van der Waals surface area contributed by atoms with Crippen LogP contribution in [-0.4, -0.2) is 35.5 Å². The summed E-state index contributed by atoms with van der Waals surface area (Å²) in [5.41, 5.74) is 0.832. The smallest absolute Gasteiger partial charge is 0.283 e. The summed E-state index contributed by atoms with van der Waals surface area (Å²) in [7, 11) is 0. The van der Waals surface area contributed by atoms with Gasteiger partial charge in [-0.1, -0.05) is 0 Å². The largest absolute Gasteiger partial charge is 0.366 e. The number of piperazine rings is 1. The van der Waals surface area contributed by atoms with E-state index in [9.17, 15) is 4.79 Å². The molecule has 100 valence electrons. The van der Waals surface area contributed by atoms with E-state index >= 15 is 0 Å². The van der Waals surface area contributed by atoms with Gasteiger partial charge in [0.05, 0.1) is 17.9 Å². The minimum atomic E-state index is -0.0614. The fourth-order valence-electron chi connectivity index (χ4n) is 2.18. The fraction of sp³-hybridized carbons (Fsp3) is 0.667. The van der Waals surface area contributed by atoms with E-state index in [1.807, 2.05) is 13.8 Å². The number of nitrogens with zero attached hydrogens (tertiary/aromatic N) is 3. The zero-order chi connectivity index (χ0) is 13.3. The first kappa shape index (κ1) is 13.5. The van der Waals surface area contributed by atoms with Crippen LogP contribution in [0.3, 0.4) is 0 Å². The monoisotopic (exact) mass is 314 g/mol. The first-order chi connectivity index (χ1) is 8.50. The van der Waals surface area contributed by atoms with E-state index in [0.717, 1.165) is 25.3 Å². The summed E-state index contributed by atoms with van der Waals surface area (Å²) >= 11 is 3.42. The molecule has 0 aromatic carbocycles. The highest BCUT2D eigenvalue weighted by atomic mass is 79.9. The van der Waals surface area contributed by atoms with Crippen LogP contribution in [0.15, 0.2) is 15.5 Å². The average Bonchev–Trinajstić information content (AvgIpc) is 2.32. The van der Waals surface area contributed by atoms with Gasteiger partial charge in [-0.15, -0.1) is 0 Å². The number of nitrogens with one attached hydrogen (secondary N) is 1. The molecule has 2 heterocycles. The first-order valence-electron chi connectivity index (χ1n) is 6.26. The molecule has 1 aromatic rings. The van der Waals surface area contributed by atoms with E-state index in [2.05, 4.69) is 38.2 Å². The van der Waals surface area contributed by atoms with Gasteiger partial charge in [0.2, 0.25) is 0 Å². The third kappa shape index (κ3) is 2.59. The summed E-state index contributed by atoms with van der Waals surface area (Å²) in [5.74, 6) is 0. The minimum absolute atomic E-state index is 0.0614. The highest BCUT2D eigenvalue weighted by Gasteiger charge is 2.20. The Balaban J connectivity index is 2.35. The lowest BCUT2D eigenvalue weighted by molar-refractivity contribution is 0.476. The van der Waals surface area contributed by atoms with Crippen LogP contribution < -0.4 is 15.8 Å². The van der Waals surface area contributed by atoms with Gasteiger partial charge in [-0.25, -0.2) is 4.68 Å². The summed E-state index contributed by atoms with van der Waals surface area (Å²) in [6.45, 7) is 8.77. The average molecular weight is 315 g/mol. The van der Waals surface area contributed by atoms with Gasteiger partial charge in [-0.2, -0.15) is 5.10 Å². The molecule has 5 nitrogen and oxygen atoms in total. The molecular formula is C12H19BrN4O. The molecule has 1 aromatic heterocycles. The molecule has 1 fully saturated rings. The van der Waals surface area contributed by atoms with Gasteiger partial charge in [0.1, 0.15) is 4.47 Å². The molecule has 0 radical (unpaired) electrons. The van der Waals surface area contributed by atoms with E-state index in [1.165, 1.54) is 4.68 Å². The molecule has 18 heavy (non-hydrogen) atoms. The number of hydrogen-bond acceptors (Lipinski definition) is 4. The molecule has 1 unspecified atom stereocenters. The lowest BCUT2D eigenvalue weighted by Crippen LogP contribution is -2.49. The molecular weight excluding hydrogens is 296 g/mol. The van der Waals surface area contributed by atoms with Crippen molar-refractivity contribution in [2.24, 2.45) is 0 Å². The molecule has 2 rings (SSSR count). The third-order valence-corrected chi connectivity index (χ3v) is 3.87. The zero-order valence-corrected chi connectivity index (χ0v) is 12.6. The predicted molar refractivity (Wildman–Crippen MR) is 76.3 cm³/mol. The SMILES string of the molecule is CC1CN(c2cnn(C(C)C)c(=O)c2Br)CCN1. The summed E-state index contributed by atoms with van der Waals surface area (Å²) in [6.07, 6.45) is 1.78. The molecule has 1 aliphatic heterocycles. The van der Waals surface area contributed by atoms with E-state index < -0.39 is 0 Å². The quantitative estimate of drug-likeness (QED) is 0.896. The molecule has 1 atom stereocenters. The van der Waals surface area contributed by atoms with Crippen LogP contribution in [0, 0.1) is 0 Å². The second-order valence-electron chi connectivity index (χ2n) is 4.99. The Morgan fingerprint density at radius 2 is 2.28 bits per heavy atom. The standard InChI is InChI=1S/C12H19BrN4O/c1-8(2)17-12(18)11(13)10(6-15-17)16-5-4-14-9(3)7-16/h6,8-9,14H,4-5,7H2,1-3H3. The van der Waals surface area contributed by atoms with Crippen LogP contribution in [0.25, 0.3) is 0 Å². The Kier molecular flexibility index (Phi) is 4.07. The Bertz CT molecular complexity index is 485. The zero-order valence-electron chi connectivity index (χ0n) is 11.0. The van der Waals surface area contributed by atoms with Gasteiger partial charge in [-0.05, 0) is 36.7 Å². The van der Waals surface area contributed by atoms with Crippen LogP contribution in [-0.2, 0) is 0 Å². The van der Waals surface area contributed by atoms with Crippen molar-refractivity contribution in [2.45, 2.75) is 32.9 Å². The summed E-state index contributed by atoms with van der Waals surface area (Å²) in [4.78, 5) is 14.4. The lowest BCUT2D eigenvalue weighted by atomic mass is 10.2. The predicted octanol–water partition coefficient (Wildman–Crippen LogP) is 1.38. The highest BCUT2D eigenvalue weighted by Crippen LogP contribution is 2.23. The van der Waals surface area contributed by atoms with Crippen LogP contribution in [0.2, 0.25) is 0 Å². The molecule has 1 aliphatic rings. The highest BCUT2D eigenvalue weighted by molar-refractivity contribution is 9.10. The van der Waals surface area contributed by atoms with Gasteiger partial charge < -0.3 is 10.2 Å². The van der Waals surface area contributed by atoms with E-state index in [1.54, 1.807) is 6.20 Å². The van der Waals surface area contributed by atoms with Gasteiger partial charge in [0.25, 0.3) is 5.56 Å². The summed E-state index contributed by atoms with van der Waals surface area (Å²) in [5, 5.41) is 7.64. The summed E-state index contributed by atoms with van der Waals surface area (Å²) < 4.78 is 2.11. The Hall–Kier alpha value is -0.880. The Labute approximate surface area is 115 Å². The Morgan fingerprint density at radius 1 is 1.56 bits per heavy atom. The molecule has 6 heteroatoms. The maximum absolute atomic E-state index is 12.2. The van der Waals surface area contributed by atoms with Gasteiger partial charge in [0, 0.05) is 25.7 Å². The number of anilines is 1. The van der Waals surface area contributed by atoms with Gasteiger partial charge in [0.15, 0.2) is 0 Å². The normalized spacial score (nSPS) is 20.5. The van der Waals surface area contributed by atoms with E-state index in [-0.39, 0.29) is 11.6 Å². The van der Waals surface area contributed by atoms with Crippen molar-refractivity contribution in [1.82, 2.24) is 15.1 Å². The summed E-state index contributed by atoms with van der Waals surface area (Å²) in [6, 6.07) is 0.503. The molecule has 0 amide bonds. The number of hydrogen-bond donors (Lipinski definition) is 1. The maximum atomic E-state index is 12.2. The minimum Gasteiger partial charge on any atom is -0.366 e. The number of aromatic nitrogens is 2. The van der Waals surface area contributed by atoms with Crippen LogP contribution in [0.4, 0.5) is 5.69 Å². The van der Waals surface area contributed by atoms with Crippen molar-refractivity contribution in [1.29, 1.82) is 0 Å². The van der Waals surface area contributed by atoms with Crippen molar-refractivity contribution in [3.05, 3.63) is 21.0 Å². The van der Waals surface area contributed by atoms with E-state index in [0.29, 0.717) is 10.5 Å². The maximum Gasteiger partial charge on any atom is 0.283 e. The fourth-order valence-corrected chi connectivity index (χ4v) is 2.71. The number of halogens is 1. The topological polar surface area (TPSA) is 50.2 Å². The van der Waals surface area contributed by atoms with Crippen molar-refractivity contribution in [3.8, 4) is 0 Å². The van der Waals surface area contributed by atoms with Gasteiger partial charge >= 0.3 is 0 Å². The molecule has 1 saturated heterocycles. The Morgan fingerprint density at radius 3 is 2.89 bits per heavy atom. The van der Waals surface area contributed by atoms with Crippen LogP contribution in [0.5, 0.6) is 0 Å². The van der Waals surface area contributed by atoms with Gasteiger partial charge in [-0.3, -0.25) is 4.79 Å². The molecule has 1 N–H and O–H groups in total. The second-order valence-corrected chi connectivity index (χ2v) is 5.78.